The van der Waals surface area contributed by atoms with Crippen LogP contribution in [-0.4, -0.2) is 44.3 Å². The molecule has 1 aromatic heterocycles. The van der Waals surface area contributed by atoms with Crippen molar-refractivity contribution < 1.29 is 14.7 Å². The van der Waals surface area contributed by atoms with E-state index >= 15 is 0 Å². The number of carbonyl (C=O) groups excluding carboxylic acids is 1. The van der Waals surface area contributed by atoms with Crippen LogP contribution in [0.1, 0.15) is 42.5 Å². The zero-order chi connectivity index (χ0) is 16.9. The highest BCUT2D eigenvalue weighted by Gasteiger charge is 2.27. The van der Waals surface area contributed by atoms with Gasteiger partial charge in [-0.3, -0.25) is 9.59 Å². The lowest BCUT2D eigenvalue weighted by atomic mass is 9.97. The number of rotatable bonds is 5. The van der Waals surface area contributed by atoms with E-state index in [0.29, 0.717) is 18.5 Å². The van der Waals surface area contributed by atoms with Gasteiger partial charge >= 0.3 is 5.97 Å². The first kappa shape index (κ1) is 16.2. The number of likely N-dealkylation sites (tertiary alicyclic amines) is 1. The van der Waals surface area contributed by atoms with Crippen molar-refractivity contribution in [3.8, 4) is 5.69 Å². The van der Waals surface area contributed by atoms with Crippen molar-refractivity contribution in [2.45, 2.75) is 38.1 Å². The molecule has 0 bridgehead atoms. The van der Waals surface area contributed by atoms with Crippen molar-refractivity contribution in [1.29, 1.82) is 0 Å². The molecule has 0 unspecified atom stereocenters. The Kier molecular flexibility index (Phi) is 4.93. The first-order valence-corrected chi connectivity index (χ1v) is 8.28. The maximum Gasteiger partial charge on any atom is 0.303 e. The monoisotopic (exact) mass is 327 g/mol. The summed E-state index contributed by atoms with van der Waals surface area (Å²) in [4.78, 5) is 25.6. The Morgan fingerprint density at radius 1 is 1.25 bits per heavy atom. The number of carbonyl (C=O) groups is 2. The number of benzene rings is 1. The van der Waals surface area contributed by atoms with Gasteiger partial charge in [0.2, 0.25) is 0 Å². The molecule has 0 radical (unpaired) electrons. The molecule has 126 valence electrons. The molecule has 0 aliphatic carbocycles. The number of hydrogen-bond acceptors (Lipinski definition) is 3. The van der Waals surface area contributed by atoms with Crippen LogP contribution in [0.4, 0.5) is 0 Å². The number of aliphatic carboxylic acids is 1. The van der Waals surface area contributed by atoms with Crippen molar-refractivity contribution in [1.82, 2.24) is 14.7 Å². The SMILES string of the molecule is O=C(O)CC[C@@H]1CCCCN1C(=O)c1cccc(-n2cccn2)c1. The van der Waals surface area contributed by atoms with E-state index in [4.69, 9.17) is 5.11 Å². The van der Waals surface area contributed by atoms with Crippen LogP contribution in [0.5, 0.6) is 0 Å². The Balaban J connectivity index is 1.79. The molecule has 1 atom stereocenters. The minimum absolute atomic E-state index is 0.00992. The molecule has 1 aliphatic heterocycles. The molecule has 6 heteroatoms. The smallest absolute Gasteiger partial charge is 0.303 e. The van der Waals surface area contributed by atoms with Gasteiger partial charge in [-0.15, -0.1) is 0 Å². The number of nitrogens with zero attached hydrogens (tertiary/aromatic N) is 3. The molecule has 1 amide bonds. The Hall–Kier alpha value is -2.63. The first-order chi connectivity index (χ1) is 11.6. The second-order valence-electron chi connectivity index (χ2n) is 6.08. The lowest BCUT2D eigenvalue weighted by Crippen LogP contribution is -2.44. The summed E-state index contributed by atoms with van der Waals surface area (Å²) in [5.41, 5.74) is 1.45. The van der Waals surface area contributed by atoms with E-state index in [1.165, 1.54) is 0 Å². The van der Waals surface area contributed by atoms with E-state index in [9.17, 15) is 9.59 Å². The van der Waals surface area contributed by atoms with Crippen LogP contribution in [0.15, 0.2) is 42.7 Å². The molecule has 6 nitrogen and oxygen atoms in total. The van der Waals surface area contributed by atoms with E-state index in [2.05, 4.69) is 5.10 Å². The third-order valence-corrected chi connectivity index (χ3v) is 4.44. The van der Waals surface area contributed by atoms with Crippen molar-refractivity contribution in [2.24, 2.45) is 0 Å². The van der Waals surface area contributed by atoms with Gasteiger partial charge in [0.05, 0.1) is 5.69 Å². The fourth-order valence-electron chi connectivity index (χ4n) is 3.23. The summed E-state index contributed by atoms with van der Waals surface area (Å²) in [6, 6.07) is 9.23. The average molecular weight is 327 g/mol. The van der Waals surface area contributed by atoms with Crippen LogP contribution < -0.4 is 0 Å². The van der Waals surface area contributed by atoms with Gasteiger partial charge in [0, 0.05) is 37.0 Å². The summed E-state index contributed by atoms with van der Waals surface area (Å²) in [5, 5.41) is 13.1. The molecule has 2 heterocycles. The van der Waals surface area contributed by atoms with Crippen molar-refractivity contribution in [3.05, 3.63) is 48.3 Å². The fraction of sp³-hybridized carbons (Fsp3) is 0.389. The molecule has 1 fully saturated rings. The van der Waals surface area contributed by atoms with Crippen LogP contribution >= 0.6 is 0 Å². The average Bonchev–Trinajstić information content (AvgIpc) is 3.14. The molecule has 1 N–H and O–H groups in total. The largest absolute Gasteiger partial charge is 0.481 e. The van der Waals surface area contributed by atoms with E-state index in [1.807, 2.05) is 35.4 Å². The van der Waals surface area contributed by atoms with Gasteiger partial charge in [-0.2, -0.15) is 5.10 Å². The summed E-state index contributed by atoms with van der Waals surface area (Å²) >= 11 is 0. The lowest BCUT2D eigenvalue weighted by Gasteiger charge is -2.35. The van der Waals surface area contributed by atoms with Crippen molar-refractivity contribution in [2.75, 3.05) is 6.54 Å². The van der Waals surface area contributed by atoms with Crippen LogP contribution in [-0.2, 0) is 4.79 Å². The predicted octanol–water partition coefficient (Wildman–Crippen LogP) is 2.73. The van der Waals surface area contributed by atoms with Gasteiger partial charge in [0.25, 0.3) is 5.91 Å². The van der Waals surface area contributed by atoms with Crippen LogP contribution in [0.2, 0.25) is 0 Å². The molecule has 0 saturated carbocycles. The predicted molar refractivity (Wildman–Crippen MR) is 89.1 cm³/mol. The zero-order valence-corrected chi connectivity index (χ0v) is 13.5. The third-order valence-electron chi connectivity index (χ3n) is 4.44. The normalized spacial score (nSPS) is 17.7. The Labute approximate surface area is 140 Å². The highest BCUT2D eigenvalue weighted by atomic mass is 16.4. The second-order valence-corrected chi connectivity index (χ2v) is 6.08. The molecule has 1 aromatic carbocycles. The summed E-state index contributed by atoms with van der Waals surface area (Å²) in [5.74, 6) is -0.840. The Morgan fingerprint density at radius 2 is 2.12 bits per heavy atom. The Bertz CT molecular complexity index is 712. The molecule has 3 rings (SSSR count). The van der Waals surface area contributed by atoms with E-state index in [1.54, 1.807) is 16.9 Å². The standard InChI is InChI=1S/C18H21N3O3/c22-17(23)9-8-15-6-1-2-11-20(15)18(24)14-5-3-7-16(13-14)21-12-4-10-19-21/h3-5,7,10,12-13,15H,1-2,6,8-9,11H2,(H,22,23)/t15-/m0/s1. The lowest BCUT2D eigenvalue weighted by molar-refractivity contribution is -0.137. The number of carboxylic acid groups (broad SMARTS) is 1. The van der Waals surface area contributed by atoms with E-state index < -0.39 is 5.97 Å². The summed E-state index contributed by atoms with van der Waals surface area (Å²) < 4.78 is 1.72. The topological polar surface area (TPSA) is 75.4 Å². The third kappa shape index (κ3) is 3.64. The molecule has 2 aromatic rings. The summed E-state index contributed by atoms with van der Waals surface area (Å²) in [6.07, 6.45) is 7.02. The van der Waals surface area contributed by atoms with Gasteiger partial charge in [0.1, 0.15) is 0 Å². The van der Waals surface area contributed by atoms with Gasteiger partial charge in [0.15, 0.2) is 0 Å². The van der Waals surface area contributed by atoms with E-state index in [0.717, 1.165) is 24.9 Å². The van der Waals surface area contributed by atoms with Crippen molar-refractivity contribution >= 4 is 11.9 Å². The molecular formula is C18H21N3O3. The minimum Gasteiger partial charge on any atom is -0.481 e. The molecular weight excluding hydrogens is 306 g/mol. The van der Waals surface area contributed by atoms with Crippen LogP contribution in [0, 0.1) is 0 Å². The number of aromatic nitrogens is 2. The van der Waals surface area contributed by atoms with Crippen molar-refractivity contribution in [3.63, 3.8) is 0 Å². The maximum atomic E-state index is 12.9. The number of hydrogen-bond donors (Lipinski definition) is 1. The molecule has 1 aliphatic rings. The zero-order valence-electron chi connectivity index (χ0n) is 13.5. The van der Waals surface area contributed by atoms with Crippen LogP contribution in [0.25, 0.3) is 5.69 Å². The number of piperidine rings is 1. The fourth-order valence-corrected chi connectivity index (χ4v) is 3.23. The van der Waals surface area contributed by atoms with Crippen LogP contribution in [0.3, 0.4) is 0 Å². The quantitative estimate of drug-likeness (QED) is 0.916. The van der Waals surface area contributed by atoms with Gasteiger partial charge in [-0.25, -0.2) is 4.68 Å². The molecule has 1 saturated heterocycles. The molecule has 24 heavy (non-hydrogen) atoms. The van der Waals surface area contributed by atoms with Gasteiger partial charge in [-0.05, 0) is 49.9 Å². The first-order valence-electron chi connectivity index (χ1n) is 8.28. The summed E-state index contributed by atoms with van der Waals surface area (Å²) in [6.45, 7) is 0.690. The summed E-state index contributed by atoms with van der Waals surface area (Å²) in [7, 11) is 0. The Morgan fingerprint density at radius 3 is 2.88 bits per heavy atom. The van der Waals surface area contributed by atoms with Gasteiger partial charge < -0.3 is 10.0 Å². The molecule has 0 spiro atoms. The maximum absolute atomic E-state index is 12.9. The highest BCUT2D eigenvalue weighted by Crippen LogP contribution is 2.23. The number of carboxylic acids is 1. The number of amides is 1. The minimum atomic E-state index is -0.811. The second kappa shape index (κ2) is 7.29. The van der Waals surface area contributed by atoms with E-state index in [-0.39, 0.29) is 18.4 Å². The highest BCUT2D eigenvalue weighted by molar-refractivity contribution is 5.95. The van der Waals surface area contributed by atoms with Gasteiger partial charge in [-0.1, -0.05) is 6.07 Å².